The van der Waals surface area contributed by atoms with Gasteiger partial charge in [-0.25, -0.2) is 12.8 Å². The molecule has 4 nitrogen and oxygen atoms in total. The van der Waals surface area contributed by atoms with Crippen molar-refractivity contribution in [3.05, 3.63) is 59.9 Å². The van der Waals surface area contributed by atoms with Crippen LogP contribution >= 0.6 is 0 Å². The Balaban J connectivity index is 2.21. The fraction of sp³-hybridized carbons (Fsp3) is 0.200. The minimum atomic E-state index is -3.70. The molecule has 0 spiro atoms. The van der Waals surface area contributed by atoms with Gasteiger partial charge in [0.1, 0.15) is 11.6 Å². The van der Waals surface area contributed by atoms with Crippen molar-refractivity contribution in [1.82, 2.24) is 0 Å². The Hall–Kier alpha value is -1.92. The Bertz CT molecular complexity index is 711. The summed E-state index contributed by atoms with van der Waals surface area (Å²) in [7, 11) is -2.21. The van der Waals surface area contributed by atoms with Crippen LogP contribution < -0.4 is 4.74 Å². The molecule has 0 saturated carbocycles. The fourth-order valence-electron chi connectivity index (χ4n) is 1.89. The van der Waals surface area contributed by atoms with Gasteiger partial charge in [0, 0.05) is 0 Å². The number of hydrogen-bond acceptors (Lipinski definition) is 4. The van der Waals surface area contributed by atoms with E-state index in [2.05, 4.69) is 0 Å². The van der Waals surface area contributed by atoms with E-state index in [1.54, 1.807) is 24.3 Å². The maximum Gasteiger partial charge on any atom is 0.181 e. The summed E-state index contributed by atoms with van der Waals surface area (Å²) in [6.45, 7) is 0. The molecule has 0 bridgehead atoms. The molecule has 2 aromatic carbocycles. The zero-order valence-electron chi connectivity index (χ0n) is 11.4. The lowest BCUT2D eigenvalue weighted by Gasteiger charge is -2.12. The summed E-state index contributed by atoms with van der Waals surface area (Å²) in [6.07, 6.45) is -1.19. The number of benzene rings is 2. The highest BCUT2D eigenvalue weighted by Gasteiger charge is 2.21. The van der Waals surface area contributed by atoms with E-state index in [0.717, 1.165) is 12.1 Å². The average Bonchev–Trinajstić information content (AvgIpc) is 2.47. The Kier molecular flexibility index (Phi) is 4.59. The van der Waals surface area contributed by atoms with Gasteiger partial charge in [0.2, 0.25) is 0 Å². The van der Waals surface area contributed by atoms with Crippen LogP contribution in [0.25, 0.3) is 0 Å². The SMILES string of the molecule is COc1cccc(C(O)CS(=O)(=O)c2ccc(F)cc2)c1. The Labute approximate surface area is 122 Å². The maximum atomic E-state index is 12.8. The van der Waals surface area contributed by atoms with Crippen LogP contribution in [0.15, 0.2) is 53.4 Å². The molecule has 2 aromatic rings. The molecule has 0 heterocycles. The number of hydrogen-bond donors (Lipinski definition) is 1. The third-order valence-electron chi connectivity index (χ3n) is 3.03. The third-order valence-corrected chi connectivity index (χ3v) is 4.77. The minimum absolute atomic E-state index is 0.0224. The van der Waals surface area contributed by atoms with Gasteiger partial charge in [0.25, 0.3) is 0 Å². The number of methoxy groups -OCH3 is 1. The van der Waals surface area contributed by atoms with Crippen LogP contribution in [0.3, 0.4) is 0 Å². The van der Waals surface area contributed by atoms with Gasteiger partial charge in [-0.15, -0.1) is 0 Å². The largest absolute Gasteiger partial charge is 0.497 e. The zero-order valence-corrected chi connectivity index (χ0v) is 12.2. The first-order valence-electron chi connectivity index (χ1n) is 6.23. The second-order valence-electron chi connectivity index (χ2n) is 4.53. The van der Waals surface area contributed by atoms with Crippen LogP contribution in [0.5, 0.6) is 5.75 Å². The average molecular weight is 310 g/mol. The number of ether oxygens (including phenoxy) is 1. The van der Waals surface area contributed by atoms with Crippen molar-refractivity contribution in [3.8, 4) is 5.75 Å². The van der Waals surface area contributed by atoms with Crippen LogP contribution in [0.2, 0.25) is 0 Å². The van der Waals surface area contributed by atoms with E-state index in [-0.39, 0.29) is 4.90 Å². The number of aliphatic hydroxyl groups excluding tert-OH is 1. The number of rotatable bonds is 5. The van der Waals surface area contributed by atoms with Crippen molar-refractivity contribution in [2.75, 3.05) is 12.9 Å². The first-order valence-corrected chi connectivity index (χ1v) is 7.88. The van der Waals surface area contributed by atoms with E-state index in [1.165, 1.54) is 19.2 Å². The van der Waals surface area contributed by atoms with Crippen molar-refractivity contribution < 1.29 is 22.7 Å². The molecule has 0 saturated heterocycles. The first-order chi connectivity index (χ1) is 9.92. The summed E-state index contributed by atoms with van der Waals surface area (Å²) in [6, 6.07) is 11.1. The highest BCUT2D eigenvalue weighted by molar-refractivity contribution is 7.91. The fourth-order valence-corrected chi connectivity index (χ4v) is 3.24. The van der Waals surface area contributed by atoms with Gasteiger partial charge in [-0.2, -0.15) is 0 Å². The second-order valence-corrected chi connectivity index (χ2v) is 6.56. The number of halogens is 1. The predicted octanol–water partition coefficient (Wildman–Crippen LogP) is 2.34. The lowest BCUT2D eigenvalue weighted by atomic mass is 10.1. The standard InChI is InChI=1S/C15H15FO4S/c1-20-13-4-2-3-11(9-13)15(17)10-21(18,19)14-7-5-12(16)6-8-14/h2-9,15,17H,10H2,1H3. The molecule has 1 atom stereocenters. The number of aliphatic hydroxyl groups is 1. The van der Waals surface area contributed by atoms with Crippen molar-refractivity contribution in [2.24, 2.45) is 0 Å². The molecule has 0 amide bonds. The molecule has 1 unspecified atom stereocenters. The van der Waals surface area contributed by atoms with Gasteiger partial charge in [-0.3, -0.25) is 0 Å². The predicted molar refractivity (Wildman–Crippen MR) is 76.4 cm³/mol. The highest BCUT2D eigenvalue weighted by atomic mass is 32.2. The van der Waals surface area contributed by atoms with Crippen LogP contribution in [0, 0.1) is 5.82 Å². The van der Waals surface area contributed by atoms with E-state index < -0.39 is 27.5 Å². The van der Waals surface area contributed by atoms with E-state index >= 15 is 0 Å². The van der Waals surface area contributed by atoms with Gasteiger partial charge < -0.3 is 9.84 Å². The third kappa shape index (κ3) is 3.80. The van der Waals surface area contributed by atoms with E-state index in [9.17, 15) is 17.9 Å². The Morgan fingerprint density at radius 1 is 1.19 bits per heavy atom. The van der Waals surface area contributed by atoms with E-state index in [0.29, 0.717) is 11.3 Å². The molecule has 0 radical (unpaired) electrons. The zero-order chi connectivity index (χ0) is 15.5. The highest BCUT2D eigenvalue weighted by Crippen LogP contribution is 2.23. The Morgan fingerprint density at radius 3 is 2.48 bits per heavy atom. The lowest BCUT2D eigenvalue weighted by Crippen LogP contribution is -2.15. The van der Waals surface area contributed by atoms with Crippen LogP contribution in [-0.2, 0) is 9.84 Å². The van der Waals surface area contributed by atoms with Gasteiger partial charge >= 0.3 is 0 Å². The summed E-state index contributed by atoms with van der Waals surface area (Å²) in [5, 5.41) is 10.1. The normalized spacial score (nSPS) is 12.9. The van der Waals surface area contributed by atoms with Crippen LogP contribution in [0.4, 0.5) is 4.39 Å². The second kappa shape index (κ2) is 6.24. The maximum absolute atomic E-state index is 12.8. The van der Waals surface area contributed by atoms with Crippen molar-refractivity contribution in [3.63, 3.8) is 0 Å². The molecule has 0 aliphatic carbocycles. The van der Waals surface area contributed by atoms with Crippen LogP contribution in [-0.4, -0.2) is 26.4 Å². The lowest BCUT2D eigenvalue weighted by molar-refractivity contribution is 0.201. The summed E-state index contributed by atoms with van der Waals surface area (Å²) in [4.78, 5) is -0.0224. The molecule has 1 N–H and O–H groups in total. The summed E-state index contributed by atoms with van der Waals surface area (Å²) < 4.78 is 42.2. The molecular weight excluding hydrogens is 295 g/mol. The molecule has 21 heavy (non-hydrogen) atoms. The topological polar surface area (TPSA) is 63.6 Å². The first kappa shape index (κ1) is 15.5. The Morgan fingerprint density at radius 2 is 1.86 bits per heavy atom. The van der Waals surface area contributed by atoms with E-state index in [1.807, 2.05) is 0 Å². The van der Waals surface area contributed by atoms with Crippen molar-refractivity contribution in [2.45, 2.75) is 11.0 Å². The number of sulfone groups is 1. The van der Waals surface area contributed by atoms with Gasteiger partial charge in [0.05, 0.1) is 23.9 Å². The summed E-state index contributed by atoms with van der Waals surface area (Å²) in [5.74, 6) is -0.459. The molecular formula is C15H15FO4S. The molecule has 0 aromatic heterocycles. The smallest absolute Gasteiger partial charge is 0.181 e. The quantitative estimate of drug-likeness (QED) is 0.861. The molecule has 112 valence electrons. The van der Waals surface area contributed by atoms with Crippen molar-refractivity contribution >= 4 is 9.84 Å². The van der Waals surface area contributed by atoms with Crippen LogP contribution in [0.1, 0.15) is 11.7 Å². The van der Waals surface area contributed by atoms with E-state index in [4.69, 9.17) is 4.74 Å². The summed E-state index contributed by atoms with van der Waals surface area (Å²) in [5.41, 5.74) is 0.444. The monoisotopic (exact) mass is 310 g/mol. The molecule has 6 heteroatoms. The van der Waals surface area contributed by atoms with Gasteiger partial charge in [-0.1, -0.05) is 12.1 Å². The molecule has 0 fully saturated rings. The molecule has 0 aliphatic heterocycles. The molecule has 0 aliphatic rings. The minimum Gasteiger partial charge on any atom is -0.497 e. The van der Waals surface area contributed by atoms with Gasteiger partial charge in [0.15, 0.2) is 9.84 Å². The molecule has 2 rings (SSSR count). The van der Waals surface area contributed by atoms with Gasteiger partial charge in [-0.05, 0) is 42.0 Å². The van der Waals surface area contributed by atoms with Crippen molar-refractivity contribution in [1.29, 1.82) is 0 Å². The summed E-state index contributed by atoms with van der Waals surface area (Å²) >= 11 is 0.